The summed E-state index contributed by atoms with van der Waals surface area (Å²) in [4.78, 5) is 41.3. The molecule has 0 bridgehead atoms. The van der Waals surface area contributed by atoms with Crippen LogP contribution in [0.25, 0.3) is 32.0 Å². The second kappa shape index (κ2) is 7.33. The first-order valence-electron chi connectivity index (χ1n) is 9.29. The second-order valence-corrected chi connectivity index (χ2v) is 7.82. The zero-order valence-corrected chi connectivity index (χ0v) is 17.0. The van der Waals surface area contributed by atoms with E-state index in [4.69, 9.17) is 9.15 Å². The molecule has 0 fully saturated rings. The molecular weight excluding hydrogens is 416 g/mol. The van der Waals surface area contributed by atoms with Gasteiger partial charge >= 0.3 is 11.6 Å². The van der Waals surface area contributed by atoms with Crippen molar-refractivity contribution in [1.29, 1.82) is 0 Å². The van der Waals surface area contributed by atoms with Crippen LogP contribution in [0.2, 0.25) is 0 Å². The highest BCUT2D eigenvalue weighted by molar-refractivity contribution is 7.22. The third-order valence-electron chi connectivity index (χ3n) is 4.92. The molecule has 0 aliphatic carbocycles. The summed E-state index contributed by atoms with van der Waals surface area (Å²) >= 11 is 1.19. The van der Waals surface area contributed by atoms with E-state index in [0.717, 1.165) is 10.8 Å². The summed E-state index contributed by atoms with van der Waals surface area (Å²) in [6, 6.07) is 17.7. The number of aromatic nitrogens is 1. The lowest BCUT2D eigenvalue weighted by molar-refractivity contribution is 0.0601. The Hall–Kier alpha value is -4.04. The fourth-order valence-electron chi connectivity index (χ4n) is 3.42. The summed E-state index contributed by atoms with van der Waals surface area (Å²) in [6.45, 7) is 0. The van der Waals surface area contributed by atoms with Gasteiger partial charge in [-0.2, -0.15) is 0 Å². The maximum absolute atomic E-state index is 12.8. The normalized spacial score (nSPS) is 11.1. The largest absolute Gasteiger partial charge is 0.465 e. The standard InChI is InChI=1S/C23H14N2O5S/c1-29-21(27)13-6-8-17-19(10-13)31-23(24-17)25-20(26)16-11-15-14-5-3-2-4-12(14)7-9-18(15)30-22(16)28/h2-11H,1H3,(H,24,25,26). The maximum atomic E-state index is 12.8. The van der Waals surface area contributed by atoms with Crippen LogP contribution < -0.4 is 10.9 Å². The van der Waals surface area contributed by atoms with Gasteiger partial charge in [-0.3, -0.25) is 10.1 Å². The summed E-state index contributed by atoms with van der Waals surface area (Å²) in [7, 11) is 1.31. The van der Waals surface area contributed by atoms with Gasteiger partial charge in [0.2, 0.25) is 0 Å². The molecule has 0 saturated heterocycles. The van der Waals surface area contributed by atoms with E-state index in [2.05, 4.69) is 10.3 Å². The number of carbonyl (C=O) groups is 2. The lowest BCUT2D eigenvalue weighted by atomic mass is 10.0. The number of thiazole rings is 1. The third kappa shape index (κ3) is 3.32. The summed E-state index contributed by atoms with van der Waals surface area (Å²) in [5.74, 6) is -1.07. The number of hydrogen-bond acceptors (Lipinski definition) is 7. The van der Waals surface area contributed by atoms with Gasteiger partial charge in [-0.25, -0.2) is 14.6 Å². The van der Waals surface area contributed by atoms with Crippen LogP contribution in [-0.2, 0) is 4.74 Å². The van der Waals surface area contributed by atoms with E-state index in [9.17, 15) is 14.4 Å². The summed E-state index contributed by atoms with van der Waals surface area (Å²) in [6.07, 6.45) is 0. The molecule has 0 atom stereocenters. The quantitative estimate of drug-likeness (QED) is 0.255. The van der Waals surface area contributed by atoms with Crippen molar-refractivity contribution in [2.45, 2.75) is 0 Å². The maximum Gasteiger partial charge on any atom is 0.349 e. The summed E-state index contributed by atoms with van der Waals surface area (Å²) < 4.78 is 10.8. The van der Waals surface area contributed by atoms with Gasteiger partial charge < -0.3 is 9.15 Å². The van der Waals surface area contributed by atoms with Gasteiger partial charge in [0, 0.05) is 5.39 Å². The lowest BCUT2D eigenvalue weighted by Gasteiger charge is -2.05. The molecule has 7 nitrogen and oxygen atoms in total. The number of nitrogens with zero attached hydrogens (tertiary/aromatic N) is 1. The van der Waals surface area contributed by atoms with Crippen LogP contribution in [0.15, 0.2) is 69.9 Å². The smallest absolute Gasteiger partial charge is 0.349 e. The average Bonchev–Trinajstić information content (AvgIpc) is 3.19. The van der Waals surface area contributed by atoms with Crippen LogP contribution in [0.5, 0.6) is 0 Å². The molecule has 5 rings (SSSR count). The SMILES string of the molecule is COC(=O)c1ccc2nc(NC(=O)c3cc4c(ccc5ccccc54)oc3=O)sc2c1. The van der Waals surface area contributed by atoms with Crippen LogP contribution >= 0.6 is 11.3 Å². The molecule has 3 aromatic carbocycles. The zero-order valence-electron chi connectivity index (χ0n) is 16.2. The van der Waals surface area contributed by atoms with Crippen LogP contribution in [0, 0.1) is 0 Å². The predicted octanol–water partition coefficient (Wildman–Crippen LogP) is 4.59. The minimum Gasteiger partial charge on any atom is -0.465 e. The minimum absolute atomic E-state index is 0.113. The molecule has 1 amide bonds. The molecule has 0 unspecified atom stereocenters. The Labute approximate surface area is 178 Å². The molecule has 0 aliphatic heterocycles. The number of esters is 1. The number of anilines is 1. The van der Waals surface area contributed by atoms with Gasteiger partial charge in [0.25, 0.3) is 5.91 Å². The highest BCUT2D eigenvalue weighted by Gasteiger charge is 2.17. The summed E-state index contributed by atoms with van der Waals surface area (Å²) in [5, 5.41) is 5.49. The molecule has 0 saturated carbocycles. The zero-order chi connectivity index (χ0) is 21.5. The Kier molecular flexibility index (Phi) is 4.48. The number of nitrogens with one attached hydrogen (secondary N) is 1. The first-order valence-corrected chi connectivity index (χ1v) is 10.1. The van der Waals surface area contributed by atoms with Crippen LogP contribution in [0.1, 0.15) is 20.7 Å². The third-order valence-corrected chi connectivity index (χ3v) is 5.85. The molecule has 0 spiro atoms. The Morgan fingerprint density at radius 1 is 1.03 bits per heavy atom. The molecular formula is C23H14N2O5S. The van der Waals surface area contributed by atoms with Crippen LogP contribution in [0.3, 0.4) is 0 Å². The van der Waals surface area contributed by atoms with Crippen molar-refractivity contribution in [3.63, 3.8) is 0 Å². The van der Waals surface area contributed by atoms with Gasteiger partial charge in [0.1, 0.15) is 11.1 Å². The molecule has 1 N–H and O–H groups in total. The Balaban J connectivity index is 1.52. The van der Waals surface area contributed by atoms with Crippen molar-refractivity contribution in [3.8, 4) is 0 Å². The molecule has 0 aliphatic rings. The van der Waals surface area contributed by atoms with E-state index < -0.39 is 17.5 Å². The van der Waals surface area contributed by atoms with Gasteiger partial charge in [-0.15, -0.1) is 0 Å². The van der Waals surface area contributed by atoms with E-state index in [1.54, 1.807) is 30.3 Å². The predicted molar refractivity (Wildman–Crippen MR) is 119 cm³/mol. The van der Waals surface area contributed by atoms with E-state index in [1.807, 2.05) is 30.3 Å². The number of rotatable bonds is 3. The number of ether oxygens (including phenoxy) is 1. The van der Waals surface area contributed by atoms with Gasteiger partial charge in [-0.05, 0) is 41.1 Å². The van der Waals surface area contributed by atoms with E-state index in [-0.39, 0.29) is 5.56 Å². The van der Waals surface area contributed by atoms with Crippen molar-refractivity contribution in [2.75, 3.05) is 12.4 Å². The molecule has 31 heavy (non-hydrogen) atoms. The Morgan fingerprint density at radius 3 is 2.71 bits per heavy atom. The second-order valence-electron chi connectivity index (χ2n) is 6.79. The molecule has 2 aromatic heterocycles. The number of benzene rings is 3. The van der Waals surface area contributed by atoms with Crippen LogP contribution in [-0.4, -0.2) is 24.0 Å². The van der Waals surface area contributed by atoms with Crippen LogP contribution in [0.4, 0.5) is 5.13 Å². The topological polar surface area (TPSA) is 98.5 Å². The van der Waals surface area contributed by atoms with Crippen molar-refractivity contribution in [2.24, 2.45) is 0 Å². The minimum atomic E-state index is -0.727. The molecule has 0 radical (unpaired) electrons. The molecule has 8 heteroatoms. The number of methoxy groups -OCH3 is 1. The number of fused-ring (bicyclic) bond motifs is 4. The van der Waals surface area contributed by atoms with Crippen molar-refractivity contribution in [1.82, 2.24) is 4.98 Å². The van der Waals surface area contributed by atoms with Gasteiger partial charge in [0.15, 0.2) is 5.13 Å². The Bertz CT molecular complexity index is 1570. The summed E-state index contributed by atoms with van der Waals surface area (Å²) in [5.41, 5.74) is 0.575. The molecule has 152 valence electrons. The average molecular weight is 430 g/mol. The van der Waals surface area contributed by atoms with E-state index in [1.165, 1.54) is 18.4 Å². The fraction of sp³-hybridized carbons (Fsp3) is 0.0435. The highest BCUT2D eigenvalue weighted by atomic mass is 32.1. The number of carbonyl (C=O) groups excluding carboxylic acids is 2. The molecule has 2 heterocycles. The highest BCUT2D eigenvalue weighted by Crippen LogP contribution is 2.28. The van der Waals surface area contributed by atoms with E-state index in [0.29, 0.717) is 31.9 Å². The lowest BCUT2D eigenvalue weighted by Crippen LogP contribution is -2.20. The Morgan fingerprint density at radius 2 is 1.87 bits per heavy atom. The van der Waals surface area contributed by atoms with E-state index >= 15 is 0 Å². The van der Waals surface area contributed by atoms with Gasteiger partial charge in [-0.1, -0.05) is 41.7 Å². The van der Waals surface area contributed by atoms with Crippen molar-refractivity contribution >= 4 is 60.3 Å². The molecule has 5 aromatic rings. The van der Waals surface area contributed by atoms with Gasteiger partial charge in [0.05, 0.1) is 22.9 Å². The van der Waals surface area contributed by atoms with Crippen molar-refractivity contribution < 1.29 is 18.7 Å². The first-order chi connectivity index (χ1) is 15.0. The number of amides is 1. The first kappa shape index (κ1) is 19.0. The monoisotopic (exact) mass is 430 g/mol. The fourth-order valence-corrected chi connectivity index (χ4v) is 4.32. The van der Waals surface area contributed by atoms with Crippen molar-refractivity contribution in [3.05, 3.63) is 82.2 Å². The number of hydrogen-bond donors (Lipinski definition) is 1.